The molecule has 0 bridgehead atoms. The average Bonchev–Trinajstić information content (AvgIpc) is 3.16. The molecule has 0 unspecified atom stereocenters. The summed E-state index contributed by atoms with van der Waals surface area (Å²) in [6, 6.07) is 9.46. The van der Waals surface area contributed by atoms with Crippen molar-refractivity contribution in [2.75, 3.05) is 36.4 Å². The lowest BCUT2D eigenvalue weighted by molar-refractivity contribution is 0.589. The van der Waals surface area contributed by atoms with Gasteiger partial charge in [0.15, 0.2) is 5.82 Å². The first-order valence-electron chi connectivity index (χ1n) is 10.8. The lowest BCUT2D eigenvalue weighted by atomic mass is 10.1. The van der Waals surface area contributed by atoms with Crippen molar-refractivity contribution in [1.29, 1.82) is 0 Å². The van der Waals surface area contributed by atoms with Crippen molar-refractivity contribution >= 4 is 33.9 Å². The van der Waals surface area contributed by atoms with Gasteiger partial charge < -0.3 is 15.5 Å². The quantitative estimate of drug-likeness (QED) is 0.485. The molecule has 9 heteroatoms. The number of nitrogens with zero attached hydrogens (tertiary/aromatic N) is 6. The number of halogens is 1. The van der Waals surface area contributed by atoms with E-state index in [1.165, 1.54) is 6.20 Å². The molecule has 4 heterocycles. The number of pyridine rings is 1. The topological polar surface area (TPSA) is 83.8 Å². The molecule has 0 atom stereocenters. The van der Waals surface area contributed by atoms with Crippen LogP contribution >= 0.6 is 0 Å². The van der Waals surface area contributed by atoms with E-state index in [0.717, 1.165) is 54.0 Å². The van der Waals surface area contributed by atoms with Gasteiger partial charge in [0, 0.05) is 44.2 Å². The molecule has 8 nitrogen and oxygen atoms in total. The number of piperazine rings is 1. The number of aromatic nitrogens is 5. The molecule has 3 aromatic heterocycles. The Balaban J connectivity index is 1.42. The highest BCUT2D eigenvalue weighted by Crippen LogP contribution is 2.30. The Morgan fingerprint density at radius 2 is 1.94 bits per heavy atom. The van der Waals surface area contributed by atoms with E-state index in [0.29, 0.717) is 11.4 Å². The third kappa shape index (κ3) is 4.14. The third-order valence-corrected chi connectivity index (χ3v) is 5.72. The summed E-state index contributed by atoms with van der Waals surface area (Å²) in [5.74, 6) is 0.377. The summed E-state index contributed by atoms with van der Waals surface area (Å²) in [7, 11) is 1.87. The second-order valence-electron chi connectivity index (χ2n) is 8.14. The van der Waals surface area contributed by atoms with E-state index in [4.69, 9.17) is 0 Å². The lowest BCUT2D eigenvalue weighted by Gasteiger charge is -2.29. The van der Waals surface area contributed by atoms with Gasteiger partial charge in [0.2, 0.25) is 5.95 Å². The second kappa shape index (κ2) is 8.59. The summed E-state index contributed by atoms with van der Waals surface area (Å²) in [6.45, 7) is 9.80. The maximum absolute atomic E-state index is 14.7. The van der Waals surface area contributed by atoms with Crippen molar-refractivity contribution in [3.8, 4) is 11.3 Å². The van der Waals surface area contributed by atoms with E-state index in [-0.39, 0.29) is 11.6 Å². The second-order valence-corrected chi connectivity index (χ2v) is 8.14. The summed E-state index contributed by atoms with van der Waals surface area (Å²) in [4.78, 5) is 15.3. The maximum Gasteiger partial charge on any atom is 0.229 e. The molecule has 168 valence electrons. The number of rotatable bonds is 5. The fourth-order valence-corrected chi connectivity index (χ4v) is 4.17. The van der Waals surface area contributed by atoms with E-state index in [2.05, 4.69) is 42.2 Å². The first-order chi connectivity index (χ1) is 16.0. The number of fused-ring (bicyclic) bond motifs is 1. The van der Waals surface area contributed by atoms with Gasteiger partial charge in [0.05, 0.1) is 29.3 Å². The Labute approximate surface area is 191 Å². The number of allylic oxidation sites excluding steroid dienone is 1. The molecule has 0 aliphatic carbocycles. The first-order valence-corrected chi connectivity index (χ1v) is 10.8. The molecule has 5 rings (SSSR count). The Morgan fingerprint density at radius 1 is 1.12 bits per heavy atom. The van der Waals surface area contributed by atoms with Gasteiger partial charge in [-0.15, -0.1) is 0 Å². The van der Waals surface area contributed by atoms with Gasteiger partial charge in [-0.25, -0.2) is 19.3 Å². The minimum Gasteiger partial charge on any atom is -0.368 e. The van der Waals surface area contributed by atoms with Crippen molar-refractivity contribution in [1.82, 2.24) is 30.0 Å². The van der Waals surface area contributed by atoms with Crippen LogP contribution in [0.3, 0.4) is 0 Å². The highest BCUT2D eigenvalue weighted by atomic mass is 19.1. The van der Waals surface area contributed by atoms with Crippen molar-refractivity contribution in [2.24, 2.45) is 7.05 Å². The van der Waals surface area contributed by atoms with Gasteiger partial charge in [0.25, 0.3) is 0 Å². The lowest BCUT2D eigenvalue weighted by Crippen LogP contribution is -2.43. The first kappa shape index (κ1) is 21.0. The molecular weight excluding hydrogens is 419 g/mol. The van der Waals surface area contributed by atoms with E-state index < -0.39 is 5.82 Å². The monoisotopic (exact) mass is 444 g/mol. The summed E-state index contributed by atoms with van der Waals surface area (Å²) >= 11 is 0. The Kier molecular flexibility index (Phi) is 5.47. The van der Waals surface area contributed by atoms with Gasteiger partial charge in [-0.3, -0.25) is 4.68 Å². The van der Waals surface area contributed by atoms with Crippen LogP contribution in [0.15, 0.2) is 49.3 Å². The number of nitrogens with one attached hydrogen (secondary N) is 2. The average molecular weight is 445 g/mol. The van der Waals surface area contributed by atoms with E-state index in [9.17, 15) is 4.39 Å². The van der Waals surface area contributed by atoms with Crippen LogP contribution in [-0.2, 0) is 7.05 Å². The summed E-state index contributed by atoms with van der Waals surface area (Å²) in [6.07, 6.45) is 3.00. The molecule has 1 aromatic carbocycles. The van der Waals surface area contributed by atoms with E-state index >= 15 is 0 Å². The molecule has 0 spiro atoms. The molecule has 2 N–H and O–H groups in total. The fourth-order valence-electron chi connectivity index (χ4n) is 4.17. The number of hydrogen-bond donors (Lipinski definition) is 2. The molecule has 33 heavy (non-hydrogen) atoms. The minimum atomic E-state index is -0.498. The van der Waals surface area contributed by atoms with Crippen LogP contribution in [0.25, 0.3) is 27.7 Å². The minimum absolute atomic E-state index is 0.211. The summed E-state index contributed by atoms with van der Waals surface area (Å²) < 4.78 is 16.5. The molecule has 1 aliphatic rings. The summed E-state index contributed by atoms with van der Waals surface area (Å²) in [5, 5.41) is 11.8. The van der Waals surface area contributed by atoms with Gasteiger partial charge in [-0.05, 0) is 36.8 Å². The molecule has 0 radical (unpaired) electrons. The molecule has 0 saturated carbocycles. The SMILES string of the molecule is C=C(C)c1c2cc(-c3nc(Nc4ccc(N5CCNCC5)cn4)ncc3F)ccc2nn1C. The number of hydrogen-bond acceptors (Lipinski definition) is 7. The zero-order valence-corrected chi connectivity index (χ0v) is 18.6. The van der Waals surface area contributed by atoms with Crippen molar-refractivity contribution in [3.63, 3.8) is 0 Å². The Hall–Kier alpha value is -3.85. The van der Waals surface area contributed by atoms with Crippen molar-refractivity contribution in [3.05, 3.63) is 60.8 Å². The molecule has 0 amide bonds. The molecule has 1 aliphatic heterocycles. The zero-order chi connectivity index (χ0) is 22.9. The van der Waals surface area contributed by atoms with Gasteiger partial charge in [0.1, 0.15) is 11.5 Å². The zero-order valence-electron chi connectivity index (χ0n) is 18.6. The maximum atomic E-state index is 14.7. The van der Waals surface area contributed by atoms with Gasteiger partial charge in [-0.1, -0.05) is 12.6 Å². The Bertz CT molecular complexity index is 1320. The highest BCUT2D eigenvalue weighted by molar-refractivity contribution is 5.92. The van der Waals surface area contributed by atoms with Gasteiger partial charge in [-0.2, -0.15) is 5.10 Å². The standard InChI is InChI=1S/C24H25FN8/c1-15(2)23-18-12-16(4-6-20(18)31-32(23)3)22-19(25)14-28-24(30-22)29-21-7-5-17(13-27-21)33-10-8-26-9-11-33/h4-7,12-14,26H,1,8-11H2,2-3H3,(H,27,28,29,30). The third-order valence-electron chi connectivity index (χ3n) is 5.72. The summed E-state index contributed by atoms with van der Waals surface area (Å²) in [5.41, 5.74) is 4.54. The predicted molar refractivity (Wildman–Crippen MR) is 129 cm³/mol. The van der Waals surface area contributed by atoms with Crippen LogP contribution in [0.1, 0.15) is 12.6 Å². The van der Waals surface area contributed by atoms with Crippen molar-refractivity contribution in [2.45, 2.75) is 6.92 Å². The number of anilines is 3. The molecule has 1 saturated heterocycles. The van der Waals surface area contributed by atoms with Crippen LogP contribution in [0.2, 0.25) is 0 Å². The van der Waals surface area contributed by atoms with Crippen LogP contribution in [0.5, 0.6) is 0 Å². The van der Waals surface area contributed by atoms with Gasteiger partial charge >= 0.3 is 0 Å². The van der Waals surface area contributed by atoms with Crippen LogP contribution in [-0.4, -0.2) is 50.9 Å². The smallest absolute Gasteiger partial charge is 0.229 e. The van der Waals surface area contributed by atoms with Crippen LogP contribution < -0.4 is 15.5 Å². The fraction of sp³-hybridized carbons (Fsp3) is 0.250. The normalized spacial score (nSPS) is 14.0. The van der Waals surface area contributed by atoms with E-state index in [1.54, 1.807) is 4.68 Å². The molecule has 4 aromatic rings. The van der Waals surface area contributed by atoms with Crippen LogP contribution in [0, 0.1) is 5.82 Å². The molecular formula is C24H25FN8. The number of aryl methyl sites for hydroxylation is 1. The van der Waals surface area contributed by atoms with Crippen LogP contribution in [0.4, 0.5) is 21.8 Å². The molecule has 1 fully saturated rings. The number of benzene rings is 1. The van der Waals surface area contributed by atoms with E-state index in [1.807, 2.05) is 50.5 Å². The predicted octanol–water partition coefficient (Wildman–Crippen LogP) is 3.75. The highest BCUT2D eigenvalue weighted by Gasteiger charge is 2.15. The Morgan fingerprint density at radius 3 is 2.67 bits per heavy atom. The van der Waals surface area contributed by atoms with Crippen molar-refractivity contribution < 1.29 is 4.39 Å². The largest absolute Gasteiger partial charge is 0.368 e.